The molecule has 1 aliphatic rings. The Hall–Kier alpha value is -1.91. The van der Waals surface area contributed by atoms with Crippen molar-refractivity contribution in [3.63, 3.8) is 0 Å². The fraction of sp³-hybridized carbons (Fsp3) is 0.500. The molecule has 19 heavy (non-hydrogen) atoms. The molecule has 1 amide bonds. The normalized spacial score (nSPS) is 17.1. The minimum atomic E-state index is -0.870. The number of aromatic nitrogens is 1. The van der Waals surface area contributed by atoms with Crippen LogP contribution in [-0.4, -0.2) is 22.0 Å². The molecule has 2 rings (SSSR count). The van der Waals surface area contributed by atoms with Gasteiger partial charge in [-0.15, -0.1) is 0 Å². The van der Waals surface area contributed by atoms with Gasteiger partial charge in [-0.1, -0.05) is 12.8 Å². The first-order chi connectivity index (χ1) is 9.03. The molecule has 1 aromatic rings. The Balaban J connectivity index is 2.05. The van der Waals surface area contributed by atoms with E-state index in [0.29, 0.717) is 18.5 Å². The summed E-state index contributed by atoms with van der Waals surface area (Å²) in [6, 6.07) is 1.72. The molecule has 0 unspecified atom stereocenters. The predicted molar refractivity (Wildman–Crippen MR) is 70.8 cm³/mol. The summed E-state index contributed by atoms with van der Waals surface area (Å²) in [5.74, 6) is -1.09. The van der Waals surface area contributed by atoms with E-state index in [-0.39, 0.29) is 12.3 Å². The quantitative estimate of drug-likeness (QED) is 0.873. The molecule has 0 bridgehead atoms. The van der Waals surface area contributed by atoms with Gasteiger partial charge in [0.2, 0.25) is 5.91 Å². The van der Waals surface area contributed by atoms with Gasteiger partial charge in [-0.05, 0) is 31.4 Å². The van der Waals surface area contributed by atoms with Crippen LogP contribution in [0.25, 0.3) is 0 Å². The van der Waals surface area contributed by atoms with Gasteiger partial charge in [0.15, 0.2) is 0 Å². The Morgan fingerprint density at radius 2 is 2.11 bits per heavy atom. The Bertz CT molecular complexity index is 493. The molecule has 0 atom stereocenters. The number of anilines is 1. The molecule has 5 heteroatoms. The molecule has 102 valence electrons. The summed E-state index contributed by atoms with van der Waals surface area (Å²) in [6.45, 7) is 1.85. The number of carboxylic acids is 1. The lowest BCUT2D eigenvalue weighted by atomic mass is 9.82. The van der Waals surface area contributed by atoms with E-state index in [2.05, 4.69) is 10.3 Å². The Kier molecular flexibility index (Phi) is 3.83. The molecule has 1 heterocycles. The van der Waals surface area contributed by atoms with Gasteiger partial charge < -0.3 is 10.4 Å². The highest BCUT2D eigenvalue weighted by atomic mass is 16.4. The average molecular weight is 262 g/mol. The predicted octanol–water partition coefficient (Wildman–Crippen LogP) is 2.36. The minimum absolute atomic E-state index is 0.0457. The standard InChI is InChI=1S/C14H18N2O3/c1-10-9-15-7-4-11(10)16-12(17)8-14(13(18)19)5-2-3-6-14/h4,7,9H,2-3,5-6,8H2,1H3,(H,18,19)(H,15,16,17). The molecule has 0 radical (unpaired) electrons. The fourth-order valence-electron chi connectivity index (χ4n) is 2.63. The SMILES string of the molecule is Cc1cnccc1NC(=O)CC1(C(=O)O)CCCC1. The molecule has 0 aliphatic heterocycles. The first kappa shape index (κ1) is 13.5. The van der Waals surface area contributed by atoms with Crippen molar-refractivity contribution < 1.29 is 14.7 Å². The molecule has 0 aromatic carbocycles. The van der Waals surface area contributed by atoms with Crippen LogP contribution in [0.3, 0.4) is 0 Å². The number of aryl methyl sites for hydroxylation is 1. The molecule has 1 fully saturated rings. The topological polar surface area (TPSA) is 79.3 Å². The second kappa shape index (κ2) is 5.38. The number of hydrogen-bond acceptors (Lipinski definition) is 3. The van der Waals surface area contributed by atoms with Crippen LogP contribution in [0.1, 0.15) is 37.7 Å². The lowest BCUT2D eigenvalue weighted by molar-refractivity contribution is -0.150. The summed E-state index contributed by atoms with van der Waals surface area (Å²) < 4.78 is 0. The van der Waals surface area contributed by atoms with E-state index in [0.717, 1.165) is 18.4 Å². The van der Waals surface area contributed by atoms with Crippen molar-refractivity contribution in [2.45, 2.75) is 39.0 Å². The molecular weight excluding hydrogens is 244 g/mol. The van der Waals surface area contributed by atoms with E-state index < -0.39 is 11.4 Å². The van der Waals surface area contributed by atoms with Gasteiger partial charge in [0.1, 0.15) is 0 Å². The van der Waals surface area contributed by atoms with E-state index in [9.17, 15) is 14.7 Å². The van der Waals surface area contributed by atoms with Crippen LogP contribution in [0.4, 0.5) is 5.69 Å². The number of nitrogens with one attached hydrogen (secondary N) is 1. The van der Waals surface area contributed by atoms with Crippen molar-refractivity contribution >= 4 is 17.6 Å². The molecule has 1 aliphatic carbocycles. The number of amides is 1. The van der Waals surface area contributed by atoms with Crippen LogP contribution in [0, 0.1) is 12.3 Å². The van der Waals surface area contributed by atoms with Crippen LogP contribution in [0.5, 0.6) is 0 Å². The van der Waals surface area contributed by atoms with Gasteiger partial charge in [-0.25, -0.2) is 0 Å². The van der Waals surface area contributed by atoms with Crippen LogP contribution in [0.2, 0.25) is 0 Å². The van der Waals surface area contributed by atoms with Crippen LogP contribution >= 0.6 is 0 Å². The average Bonchev–Trinajstić information content (AvgIpc) is 2.82. The molecule has 2 N–H and O–H groups in total. The molecule has 1 saturated carbocycles. The van der Waals surface area contributed by atoms with E-state index in [1.165, 1.54) is 0 Å². The third kappa shape index (κ3) is 2.92. The summed E-state index contributed by atoms with van der Waals surface area (Å²) in [7, 11) is 0. The van der Waals surface area contributed by atoms with Crippen molar-refractivity contribution in [1.82, 2.24) is 4.98 Å². The van der Waals surface area contributed by atoms with Crippen molar-refractivity contribution in [3.05, 3.63) is 24.0 Å². The molecular formula is C14H18N2O3. The third-order valence-corrected chi connectivity index (χ3v) is 3.81. The number of pyridine rings is 1. The summed E-state index contributed by atoms with van der Waals surface area (Å²) in [5.41, 5.74) is 0.690. The number of hydrogen-bond donors (Lipinski definition) is 2. The second-order valence-electron chi connectivity index (χ2n) is 5.21. The third-order valence-electron chi connectivity index (χ3n) is 3.81. The van der Waals surface area contributed by atoms with Gasteiger partial charge in [0.05, 0.1) is 5.41 Å². The van der Waals surface area contributed by atoms with E-state index in [1.54, 1.807) is 18.5 Å². The summed E-state index contributed by atoms with van der Waals surface area (Å²) in [6.07, 6.45) is 6.26. The van der Waals surface area contributed by atoms with E-state index in [4.69, 9.17) is 0 Å². The molecule has 0 saturated heterocycles. The highest BCUT2D eigenvalue weighted by molar-refractivity contribution is 5.94. The maximum atomic E-state index is 12.0. The zero-order valence-corrected chi connectivity index (χ0v) is 11.0. The second-order valence-corrected chi connectivity index (χ2v) is 5.21. The number of rotatable bonds is 4. The zero-order chi connectivity index (χ0) is 13.9. The monoisotopic (exact) mass is 262 g/mol. The molecule has 1 aromatic heterocycles. The fourth-order valence-corrected chi connectivity index (χ4v) is 2.63. The number of carbonyl (C=O) groups excluding carboxylic acids is 1. The van der Waals surface area contributed by atoms with Crippen LogP contribution < -0.4 is 5.32 Å². The zero-order valence-electron chi connectivity index (χ0n) is 11.0. The lowest BCUT2D eigenvalue weighted by Crippen LogP contribution is -2.32. The van der Waals surface area contributed by atoms with Gasteiger partial charge in [-0.3, -0.25) is 14.6 Å². The van der Waals surface area contributed by atoms with E-state index in [1.807, 2.05) is 6.92 Å². The van der Waals surface area contributed by atoms with Gasteiger partial charge >= 0.3 is 5.97 Å². The van der Waals surface area contributed by atoms with Crippen LogP contribution in [-0.2, 0) is 9.59 Å². The highest BCUT2D eigenvalue weighted by Crippen LogP contribution is 2.41. The maximum absolute atomic E-state index is 12.0. The summed E-state index contributed by atoms with van der Waals surface area (Å²) >= 11 is 0. The minimum Gasteiger partial charge on any atom is -0.481 e. The van der Waals surface area contributed by atoms with Crippen molar-refractivity contribution in [3.8, 4) is 0 Å². The van der Waals surface area contributed by atoms with Crippen molar-refractivity contribution in [1.29, 1.82) is 0 Å². The maximum Gasteiger partial charge on any atom is 0.310 e. The Morgan fingerprint density at radius 3 is 2.68 bits per heavy atom. The number of carbonyl (C=O) groups is 2. The number of aliphatic carboxylic acids is 1. The van der Waals surface area contributed by atoms with Gasteiger partial charge in [-0.2, -0.15) is 0 Å². The first-order valence-corrected chi connectivity index (χ1v) is 6.47. The van der Waals surface area contributed by atoms with Gasteiger partial charge in [0.25, 0.3) is 0 Å². The largest absolute Gasteiger partial charge is 0.481 e. The Labute approximate surface area is 112 Å². The van der Waals surface area contributed by atoms with Crippen LogP contribution in [0.15, 0.2) is 18.5 Å². The Morgan fingerprint density at radius 1 is 1.42 bits per heavy atom. The first-order valence-electron chi connectivity index (χ1n) is 6.47. The molecule has 5 nitrogen and oxygen atoms in total. The summed E-state index contributed by atoms with van der Waals surface area (Å²) in [5, 5.41) is 12.1. The van der Waals surface area contributed by atoms with E-state index >= 15 is 0 Å². The molecule has 0 spiro atoms. The van der Waals surface area contributed by atoms with Gasteiger partial charge in [0, 0.05) is 24.5 Å². The summed E-state index contributed by atoms with van der Waals surface area (Å²) in [4.78, 5) is 27.4. The smallest absolute Gasteiger partial charge is 0.310 e. The number of carboxylic acid groups (broad SMARTS) is 1. The van der Waals surface area contributed by atoms with Crippen molar-refractivity contribution in [2.75, 3.05) is 5.32 Å². The lowest BCUT2D eigenvalue weighted by Gasteiger charge is -2.23. The number of nitrogens with zero attached hydrogens (tertiary/aromatic N) is 1. The highest BCUT2D eigenvalue weighted by Gasteiger charge is 2.42. The van der Waals surface area contributed by atoms with Crippen molar-refractivity contribution in [2.24, 2.45) is 5.41 Å².